The second-order valence-corrected chi connectivity index (χ2v) is 6.95. The van der Waals surface area contributed by atoms with Gasteiger partial charge in [0.25, 0.3) is 5.91 Å². The molecule has 0 radical (unpaired) electrons. The molecule has 0 unspecified atom stereocenters. The fraction of sp³-hybridized carbons (Fsp3) is 0.200. The van der Waals surface area contributed by atoms with Gasteiger partial charge in [-0.25, -0.2) is 0 Å². The highest BCUT2D eigenvalue weighted by Gasteiger charge is 2.20. The Morgan fingerprint density at radius 3 is 2.80 bits per heavy atom. The summed E-state index contributed by atoms with van der Waals surface area (Å²) in [4.78, 5) is 23.9. The Hall–Kier alpha value is -2.40. The number of nitrogens with one attached hydrogen (secondary N) is 1. The second kappa shape index (κ2) is 7.66. The third-order valence-electron chi connectivity index (χ3n) is 4.22. The fourth-order valence-corrected chi connectivity index (χ4v) is 3.38. The lowest BCUT2D eigenvalue weighted by Crippen LogP contribution is -2.30. The highest BCUT2D eigenvalue weighted by molar-refractivity contribution is 9.10. The molecule has 2 N–H and O–H groups in total. The molecular weight excluding hydrogens is 382 g/mol. The van der Waals surface area contributed by atoms with Crippen molar-refractivity contribution in [2.45, 2.75) is 25.3 Å². The van der Waals surface area contributed by atoms with Gasteiger partial charge in [-0.3, -0.25) is 9.59 Å². The molecule has 128 valence electrons. The van der Waals surface area contributed by atoms with E-state index >= 15 is 0 Å². The molecule has 0 bridgehead atoms. The predicted molar refractivity (Wildman–Crippen MR) is 100 cm³/mol. The summed E-state index contributed by atoms with van der Waals surface area (Å²) in [6.45, 7) is 0. The van der Waals surface area contributed by atoms with Crippen LogP contribution in [0.25, 0.3) is 6.08 Å². The van der Waals surface area contributed by atoms with Crippen LogP contribution in [-0.2, 0) is 11.2 Å². The quantitative estimate of drug-likeness (QED) is 0.784. The third kappa shape index (κ3) is 4.37. The van der Waals surface area contributed by atoms with Crippen molar-refractivity contribution >= 4 is 33.9 Å². The smallest absolute Gasteiger partial charge is 0.305 e. The maximum absolute atomic E-state index is 12.6. The van der Waals surface area contributed by atoms with Crippen molar-refractivity contribution < 1.29 is 14.7 Å². The van der Waals surface area contributed by atoms with Crippen molar-refractivity contribution in [2.24, 2.45) is 0 Å². The van der Waals surface area contributed by atoms with E-state index in [1.807, 2.05) is 36.4 Å². The molecule has 0 fully saturated rings. The monoisotopic (exact) mass is 399 g/mol. The Bertz CT molecular complexity index is 845. The van der Waals surface area contributed by atoms with Crippen molar-refractivity contribution in [1.29, 1.82) is 0 Å². The first-order chi connectivity index (χ1) is 12.0. The Morgan fingerprint density at radius 1 is 1.20 bits per heavy atom. The van der Waals surface area contributed by atoms with Crippen LogP contribution in [0.3, 0.4) is 0 Å². The normalized spacial score (nSPS) is 13.8. The molecule has 2 aromatic carbocycles. The zero-order valence-electron chi connectivity index (χ0n) is 13.5. The number of hydrogen-bond acceptors (Lipinski definition) is 2. The number of hydrogen-bond donors (Lipinski definition) is 2. The zero-order chi connectivity index (χ0) is 17.8. The minimum atomic E-state index is -0.958. The summed E-state index contributed by atoms with van der Waals surface area (Å²) in [6, 6.07) is 12.4. The highest BCUT2D eigenvalue weighted by atomic mass is 79.9. The van der Waals surface area contributed by atoms with Crippen molar-refractivity contribution in [3.63, 3.8) is 0 Å². The lowest BCUT2D eigenvalue weighted by atomic mass is 9.95. The van der Waals surface area contributed by atoms with E-state index in [-0.39, 0.29) is 12.3 Å². The number of carbonyl (C=O) groups is 2. The zero-order valence-corrected chi connectivity index (χ0v) is 15.1. The van der Waals surface area contributed by atoms with Crippen LogP contribution in [0.15, 0.2) is 53.0 Å². The number of amides is 1. The Morgan fingerprint density at radius 2 is 2.04 bits per heavy atom. The lowest BCUT2D eigenvalue weighted by molar-refractivity contribution is -0.137. The number of carboxylic acids is 1. The van der Waals surface area contributed by atoms with Crippen LogP contribution < -0.4 is 5.32 Å². The first kappa shape index (κ1) is 17.4. The van der Waals surface area contributed by atoms with Gasteiger partial charge in [0.1, 0.15) is 0 Å². The van der Waals surface area contributed by atoms with E-state index in [4.69, 9.17) is 0 Å². The van der Waals surface area contributed by atoms with Gasteiger partial charge in [-0.2, -0.15) is 0 Å². The highest BCUT2D eigenvalue weighted by Crippen LogP contribution is 2.23. The lowest BCUT2D eigenvalue weighted by Gasteiger charge is -2.19. The van der Waals surface area contributed by atoms with E-state index in [0.29, 0.717) is 5.56 Å². The first-order valence-corrected chi connectivity index (χ1v) is 8.90. The maximum atomic E-state index is 12.6. The first-order valence-electron chi connectivity index (χ1n) is 8.10. The molecule has 1 atom stereocenters. The summed E-state index contributed by atoms with van der Waals surface area (Å²) in [6.07, 6.45) is 5.90. The maximum Gasteiger partial charge on any atom is 0.305 e. The van der Waals surface area contributed by atoms with E-state index < -0.39 is 12.0 Å². The minimum absolute atomic E-state index is 0.171. The average molecular weight is 400 g/mol. The molecule has 4 nitrogen and oxygen atoms in total. The minimum Gasteiger partial charge on any atom is -0.481 e. The third-order valence-corrected chi connectivity index (χ3v) is 4.71. The Labute approximate surface area is 154 Å². The summed E-state index contributed by atoms with van der Waals surface area (Å²) in [5.41, 5.74) is 3.59. The van der Waals surface area contributed by atoms with E-state index in [1.54, 1.807) is 6.07 Å². The molecule has 5 heteroatoms. The Kier molecular flexibility index (Phi) is 5.34. The van der Waals surface area contributed by atoms with Crippen molar-refractivity contribution in [3.8, 4) is 0 Å². The molecule has 2 aromatic rings. The van der Waals surface area contributed by atoms with Gasteiger partial charge in [-0.05, 0) is 53.8 Å². The molecule has 0 aliphatic heterocycles. The Balaban J connectivity index is 1.82. The van der Waals surface area contributed by atoms with Gasteiger partial charge in [0.2, 0.25) is 0 Å². The van der Waals surface area contributed by atoms with Gasteiger partial charge >= 0.3 is 5.97 Å². The van der Waals surface area contributed by atoms with E-state index in [9.17, 15) is 14.7 Å². The van der Waals surface area contributed by atoms with Gasteiger partial charge in [-0.15, -0.1) is 0 Å². The summed E-state index contributed by atoms with van der Waals surface area (Å²) >= 11 is 3.38. The van der Waals surface area contributed by atoms with Crippen LogP contribution in [0, 0.1) is 0 Å². The molecule has 3 rings (SSSR count). The second-order valence-electron chi connectivity index (χ2n) is 6.03. The largest absolute Gasteiger partial charge is 0.481 e. The van der Waals surface area contributed by atoms with E-state index in [1.165, 1.54) is 0 Å². The summed E-state index contributed by atoms with van der Waals surface area (Å²) in [5.74, 6) is -1.22. The molecule has 25 heavy (non-hydrogen) atoms. The SMILES string of the molecule is O=C(O)C[C@H](NC(=O)c1ccc2c(c1)CCC=C2)c1cccc(Br)c1. The number of rotatable bonds is 5. The summed E-state index contributed by atoms with van der Waals surface area (Å²) in [5, 5.41) is 12.0. The van der Waals surface area contributed by atoms with Crippen LogP contribution in [0.1, 0.15) is 45.9 Å². The number of halogens is 1. The van der Waals surface area contributed by atoms with Gasteiger partial charge < -0.3 is 10.4 Å². The van der Waals surface area contributed by atoms with Crippen molar-refractivity contribution in [3.05, 3.63) is 75.3 Å². The molecule has 1 aliphatic rings. The number of aryl methyl sites for hydroxylation is 1. The van der Waals surface area contributed by atoms with Gasteiger partial charge in [0, 0.05) is 10.0 Å². The summed E-state index contributed by atoms with van der Waals surface area (Å²) < 4.78 is 0.843. The molecular formula is C20H18BrNO3. The number of carbonyl (C=O) groups excluding carboxylic acids is 1. The van der Waals surface area contributed by atoms with Gasteiger partial charge in [-0.1, -0.05) is 46.3 Å². The molecule has 0 saturated heterocycles. The van der Waals surface area contributed by atoms with Gasteiger partial charge in [0.15, 0.2) is 0 Å². The number of carboxylic acid groups (broad SMARTS) is 1. The topological polar surface area (TPSA) is 66.4 Å². The van der Waals surface area contributed by atoms with Crippen molar-refractivity contribution in [2.75, 3.05) is 0 Å². The molecule has 0 saturated carbocycles. The van der Waals surface area contributed by atoms with Crippen LogP contribution in [0.2, 0.25) is 0 Å². The molecule has 0 spiro atoms. The number of benzene rings is 2. The average Bonchev–Trinajstić information content (AvgIpc) is 2.60. The standard InChI is InChI=1S/C20H18BrNO3/c21-17-7-3-6-15(11-17)18(12-19(23)24)22-20(25)16-9-8-13-4-1-2-5-14(13)10-16/h1,3-4,6-11,18H,2,5,12H2,(H,22,25)(H,23,24)/t18-/m0/s1. The van der Waals surface area contributed by atoms with Crippen LogP contribution >= 0.6 is 15.9 Å². The van der Waals surface area contributed by atoms with E-state index in [2.05, 4.69) is 33.4 Å². The summed E-state index contributed by atoms with van der Waals surface area (Å²) in [7, 11) is 0. The molecule has 0 aromatic heterocycles. The van der Waals surface area contributed by atoms with Crippen molar-refractivity contribution in [1.82, 2.24) is 5.32 Å². The fourth-order valence-electron chi connectivity index (χ4n) is 2.97. The number of fused-ring (bicyclic) bond motifs is 1. The molecule has 1 aliphatic carbocycles. The molecule has 1 amide bonds. The number of allylic oxidation sites excluding steroid dienone is 1. The van der Waals surface area contributed by atoms with Crippen LogP contribution in [0.5, 0.6) is 0 Å². The van der Waals surface area contributed by atoms with E-state index in [0.717, 1.165) is 34.0 Å². The molecule has 0 heterocycles. The van der Waals surface area contributed by atoms with Gasteiger partial charge in [0.05, 0.1) is 12.5 Å². The van der Waals surface area contributed by atoms with Crippen LogP contribution in [-0.4, -0.2) is 17.0 Å². The van der Waals surface area contributed by atoms with Crippen LogP contribution in [0.4, 0.5) is 0 Å². The number of aliphatic carboxylic acids is 1. The predicted octanol–water partition coefficient (Wildman–Crippen LogP) is 4.35.